The average Bonchev–Trinajstić information content (AvgIpc) is 1.67. The van der Waals surface area contributed by atoms with E-state index < -0.39 is 98.1 Å². The molecule has 0 spiro atoms. The van der Waals surface area contributed by atoms with Crippen molar-refractivity contribution in [1.82, 2.24) is 98.4 Å². The molecule has 12 rings (SSSR count). The van der Waals surface area contributed by atoms with Gasteiger partial charge in [0.15, 0.2) is 54.5 Å². The smallest absolute Gasteiger partial charge is 0.323 e. The highest BCUT2D eigenvalue weighted by Crippen LogP contribution is 2.47. The molecule has 4 aromatic carbocycles. The Kier molecular flexibility index (Phi) is 39.2. The lowest BCUT2D eigenvalue weighted by Gasteiger charge is -2.23. The minimum absolute atomic E-state index is 0.0126. The monoisotopic (exact) mass is 2060 g/mol. The number of ether oxygens (including phenoxy) is 5. The van der Waals surface area contributed by atoms with E-state index >= 15 is 0 Å². The van der Waals surface area contributed by atoms with Crippen molar-refractivity contribution < 1.29 is 92.0 Å². The molecular formula is C80H105BrClFN24O23P4S. The number of hydrogen-bond acceptors (Lipinski definition) is 35. The van der Waals surface area contributed by atoms with Crippen molar-refractivity contribution in [2.45, 2.75) is 151 Å². The number of aryl methyl sites for hydroxylation is 2. The fourth-order valence-corrected chi connectivity index (χ4v) is 19.9. The molecule has 0 bridgehead atoms. The largest absolute Gasteiger partial charge is 0.465 e. The van der Waals surface area contributed by atoms with E-state index in [9.17, 15) is 69.4 Å². The molecule has 8 heterocycles. The number of fused-ring (bicyclic) bond motifs is 4. The van der Waals surface area contributed by atoms with Crippen molar-refractivity contribution in [3.05, 3.63) is 200 Å². The molecule has 55 heteroatoms. The topological polar surface area (TPSA) is 660 Å². The third-order valence-electron chi connectivity index (χ3n) is 19.4. The molecule has 0 aliphatic carbocycles. The van der Waals surface area contributed by atoms with Crippen LogP contribution in [0.3, 0.4) is 0 Å². The number of aromatic amines is 4. The summed E-state index contributed by atoms with van der Waals surface area (Å²) in [6.45, 7) is 17.0. The zero-order chi connectivity index (χ0) is 98.9. The van der Waals surface area contributed by atoms with Gasteiger partial charge < -0.3 is 83.0 Å². The van der Waals surface area contributed by atoms with E-state index in [0.29, 0.717) is 50.8 Å². The van der Waals surface area contributed by atoms with Crippen LogP contribution in [0.2, 0.25) is 5.02 Å². The van der Waals surface area contributed by atoms with Gasteiger partial charge in [0.2, 0.25) is 23.8 Å². The highest BCUT2D eigenvalue weighted by Gasteiger charge is 2.34. The second-order valence-corrected chi connectivity index (χ2v) is 42.2. The lowest BCUT2D eigenvalue weighted by molar-refractivity contribution is -0.144. The molecule has 135 heavy (non-hydrogen) atoms. The number of nitrogens with one attached hydrogen (secondary N) is 8. The van der Waals surface area contributed by atoms with Gasteiger partial charge in [-0.3, -0.25) is 76.6 Å². The number of carbonyl (C=O) groups excluding carboxylic acids is 4. The molecule has 0 amide bonds. The van der Waals surface area contributed by atoms with Crippen molar-refractivity contribution in [2.24, 2.45) is 0 Å². The van der Waals surface area contributed by atoms with Gasteiger partial charge in [-0.25, -0.2) is 53.1 Å². The predicted octanol–water partition coefficient (Wildman–Crippen LogP) is 8.16. The first-order chi connectivity index (χ1) is 63.7. The fraction of sp³-hybridized carbons (Fsp3) is 0.400. The number of esters is 1. The summed E-state index contributed by atoms with van der Waals surface area (Å²) in [5, 5.41) is 11.5. The van der Waals surface area contributed by atoms with Crippen LogP contribution >= 0.6 is 57.6 Å². The number of benzene rings is 4. The normalized spacial score (nSPS) is 14.3. The summed E-state index contributed by atoms with van der Waals surface area (Å²) in [4.78, 5) is 137. The second-order valence-electron chi connectivity index (χ2n) is 30.4. The average molecular weight is 2060 g/mol. The predicted molar refractivity (Wildman–Crippen MR) is 503 cm³/mol. The Balaban J connectivity index is 0.000000202. The van der Waals surface area contributed by atoms with Crippen molar-refractivity contribution >= 4 is 159 Å². The molecule has 4 unspecified atom stereocenters. The van der Waals surface area contributed by atoms with Gasteiger partial charge in [0, 0.05) is 41.9 Å². The SMILES string of the molecule is CC(=O)[C@H](C)NP(=O)(COCCn1cnc2c(=O)[nH]c(N)nc21)OCc1ccc(C)c(F)c1.CC(=O)[C@H](C)NP(=O)(COCCn1cnc2c(=O)[nH]c(N)nc21)OCc1ccc(S(C)(=O)=O)cc1.CC(=O)[C@H](C)NP(=O)(COCCn1cnc2c(=O)[nH]c(N)nc21)OCc1cccc(Br)c1.CCOC(=O)[C@H](C)NP(=O)(COCCn1cnc2c(=O)[nH]c(N)nc21)OCc1ccc(C)c(Cl)c1. The van der Waals surface area contributed by atoms with Crippen LogP contribution in [-0.2, 0) is 142 Å². The van der Waals surface area contributed by atoms with Crippen LogP contribution < -0.4 is 65.5 Å². The van der Waals surface area contributed by atoms with Gasteiger partial charge >= 0.3 is 5.97 Å². The van der Waals surface area contributed by atoms with E-state index in [0.717, 1.165) is 21.9 Å². The number of imidazole rings is 4. The van der Waals surface area contributed by atoms with Crippen molar-refractivity contribution in [1.29, 1.82) is 0 Å². The third kappa shape index (κ3) is 32.4. The highest BCUT2D eigenvalue weighted by molar-refractivity contribution is 9.10. The summed E-state index contributed by atoms with van der Waals surface area (Å²) in [6.07, 6.45) is 5.60. The van der Waals surface area contributed by atoms with Crippen molar-refractivity contribution in [3.8, 4) is 0 Å². The minimum atomic E-state index is -3.65. The number of rotatable bonds is 46. The maximum atomic E-state index is 13.8. The van der Waals surface area contributed by atoms with E-state index in [1.54, 1.807) is 83.2 Å². The van der Waals surface area contributed by atoms with Gasteiger partial charge in [-0.15, -0.1) is 0 Å². The quantitative estimate of drug-likeness (QED) is 0.00972. The molecule has 0 fully saturated rings. The minimum Gasteiger partial charge on any atom is -0.465 e. The molecule has 8 atom stereocenters. The number of carbonyl (C=O) groups is 4. The number of hydrogen-bond donors (Lipinski definition) is 12. The lowest BCUT2D eigenvalue weighted by atomic mass is 10.1. The number of H-pyrrole nitrogens is 4. The Morgan fingerprint density at radius 3 is 1.07 bits per heavy atom. The molecule has 12 aromatic rings. The van der Waals surface area contributed by atoms with Crippen LogP contribution in [0, 0.1) is 19.7 Å². The molecule has 16 N–H and O–H groups in total. The third-order valence-corrected chi connectivity index (χ3v) is 28.9. The molecule has 0 saturated heterocycles. The van der Waals surface area contributed by atoms with Gasteiger partial charge in [0.1, 0.15) is 54.6 Å². The first kappa shape index (κ1) is 108. The Labute approximate surface area is 784 Å². The Morgan fingerprint density at radius 1 is 0.467 bits per heavy atom. The molecule has 8 aromatic heterocycles. The van der Waals surface area contributed by atoms with Crippen molar-refractivity contribution in [2.75, 3.05) is 87.6 Å². The maximum absolute atomic E-state index is 13.8. The van der Waals surface area contributed by atoms with E-state index in [-0.39, 0.29) is 178 Å². The zero-order valence-electron chi connectivity index (χ0n) is 75.1. The summed E-state index contributed by atoms with van der Waals surface area (Å²) in [5.74, 6) is -1.71. The molecule has 0 radical (unpaired) electrons. The summed E-state index contributed by atoms with van der Waals surface area (Å²) < 4.78 is 148. The summed E-state index contributed by atoms with van der Waals surface area (Å²) in [7, 11) is -17.8. The number of nitrogens with two attached hydrogens (primary N) is 4. The summed E-state index contributed by atoms with van der Waals surface area (Å²) in [6, 6.07) is 20.3. The van der Waals surface area contributed by atoms with Gasteiger partial charge in [-0.1, -0.05) is 76.1 Å². The standard InChI is InChI=1S/C21H28ClN6O6P.C20H26FN6O5P.C20H27N6O7PS.C19H24BrN6O5P/c1-4-33-20(30)14(3)27-35(31,34-10-15-6-5-13(2)16(22)9-15)12-32-8-7-28-11-24-17-18(28)25-21(23)26-19(17)29;1-12-4-5-15(8-16(12)21)9-32-33(30,26-13(2)14(3)28)11-31-7-6-27-10-23-17-18(27)24-20(22)25-19(17)29;1-13(14(2)27)25-34(29,33-10-15-4-6-16(7-5-15)35(3,30)31)12-32-9-8-26-11-22-17-18(26)23-20(21)24-19(17)28;1-12(13(2)27)25-32(29,31-9-14-4-3-5-15(20)8-14)11-30-7-6-26-10-22-16-17(26)23-19(21)24-18(16)28/h5-6,9,11,14H,4,7-8,10,12H2,1-3H3,(H,27,31)(H3,23,25,26,29);4-5,8,10,13H,6-7,9,11H2,1-3H3,(H,26,30)(H3,22,24,25,29);4-7,11,13H,8-10,12H2,1-3H3,(H,25,29)(H3,21,23,24,28);3-5,8,10,12H,6-7,9,11H2,1-2H3,(H,25,29)(H3,21,23,24,28)/t14-,35?;13-,33?;13-,34?;12-,32?/m0000/s1. The number of anilines is 4. The number of Topliss-reactive ketones (excluding diaryl/α,β-unsaturated/α-hetero) is 3. The number of halogens is 3. The van der Waals surface area contributed by atoms with Gasteiger partial charge in [0.05, 0.1) is 108 Å². The van der Waals surface area contributed by atoms with Crippen LogP contribution in [0.15, 0.2) is 139 Å². The van der Waals surface area contributed by atoms with Crippen LogP contribution in [0.4, 0.5) is 28.2 Å². The number of nitrogens with zero attached hydrogens (tertiary/aromatic N) is 12. The van der Waals surface area contributed by atoms with Crippen LogP contribution in [-0.4, -0.2) is 199 Å². The van der Waals surface area contributed by atoms with E-state index in [1.165, 1.54) is 71.2 Å². The first-order valence-electron chi connectivity index (χ1n) is 41.1. The summed E-state index contributed by atoms with van der Waals surface area (Å²) in [5.41, 5.74) is 26.4. The number of aromatic nitrogens is 16. The fourth-order valence-electron chi connectivity index (χ4n) is 11.8. The van der Waals surface area contributed by atoms with Crippen LogP contribution in [0.25, 0.3) is 44.7 Å². The molecule has 0 aliphatic heterocycles. The molecule has 0 aliphatic rings. The van der Waals surface area contributed by atoms with Crippen LogP contribution in [0.5, 0.6) is 0 Å². The number of ketones is 3. The van der Waals surface area contributed by atoms with E-state index in [2.05, 4.69) is 96.1 Å². The van der Waals surface area contributed by atoms with E-state index in [1.807, 2.05) is 43.3 Å². The molecule has 730 valence electrons. The summed E-state index contributed by atoms with van der Waals surface area (Å²) >= 11 is 9.56. The van der Waals surface area contributed by atoms with Crippen molar-refractivity contribution in [3.63, 3.8) is 0 Å². The molecule has 47 nitrogen and oxygen atoms in total. The maximum Gasteiger partial charge on any atom is 0.323 e. The Bertz CT molecular complexity index is 6780. The van der Waals surface area contributed by atoms with Gasteiger partial charge in [-0.05, 0) is 139 Å². The second kappa shape index (κ2) is 49.2. The van der Waals surface area contributed by atoms with Gasteiger partial charge in [0.25, 0.3) is 52.3 Å². The van der Waals surface area contributed by atoms with Crippen LogP contribution in [0.1, 0.15) is 88.8 Å². The number of sulfone groups is 1. The Hall–Kier alpha value is -11.0. The highest BCUT2D eigenvalue weighted by atomic mass is 79.9. The Morgan fingerprint density at radius 2 is 0.770 bits per heavy atom. The van der Waals surface area contributed by atoms with E-state index in [4.69, 9.17) is 76.3 Å². The first-order valence-corrected chi connectivity index (χ1v) is 51.4. The molecule has 0 saturated carbocycles. The zero-order valence-corrected chi connectivity index (χ0v) is 81.9. The van der Waals surface area contributed by atoms with Gasteiger partial charge in [-0.2, -0.15) is 19.9 Å². The molecular weight excluding hydrogens is 1960 g/mol. The number of nitrogen functional groups attached to an aromatic ring is 4. The lowest BCUT2D eigenvalue weighted by Crippen LogP contribution is -2.34.